The van der Waals surface area contributed by atoms with Crippen LogP contribution in [0.2, 0.25) is 0 Å². The summed E-state index contributed by atoms with van der Waals surface area (Å²) in [5.41, 5.74) is 5.36. The van der Waals surface area contributed by atoms with Gasteiger partial charge in [0.1, 0.15) is 0 Å². The molecular formula is C13H24N2O. The third kappa shape index (κ3) is 3.21. The van der Waals surface area contributed by atoms with E-state index in [9.17, 15) is 4.79 Å². The molecule has 3 N–H and O–H groups in total. The average Bonchev–Trinajstić information content (AvgIpc) is 2.22. The number of hydrogen-bond acceptors (Lipinski definition) is 2. The van der Waals surface area contributed by atoms with Gasteiger partial charge in [0, 0.05) is 18.5 Å². The Balaban J connectivity index is 1.86. The molecule has 0 aromatic rings. The van der Waals surface area contributed by atoms with Crippen LogP contribution in [-0.2, 0) is 4.79 Å². The molecule has 2 aliphatic carbocycles. The summed E-state index contributed by atoms with van der Waals surface area (Å²) in [6.07, 6.45) is 11.0. The van der Waals surface area contributed by atoms with Crippen LogP contribution in [0.15, 0.2) is 0 Å². The Hall–Kier alpha value is -0.570. The van der Waals surface area contributed by atoms with Crippen molar-refractivity contribution in [1.82, 2.24) is 5.32 Å². The number of nitrogens with two attached hydrogens (primary N) is 1. The largest absolute Gasteiger partial charge is 0.370 e. The first-order chi connectivity index (χ1) is 7.75. The van der Waals surface area contributed by atoms with E-state index in [2.05, 4.69) is 5.32 Å². The number of nitrogens with one attached hydrogen (secondary N) is 1. The molecule has 2 rings (SSSR count). The maximum Gasteiger partial charge on any atom is 0.218 e. The van der Waals surface area contributed by atoms with Crippen LogP contribution in [0.3, 0.4) is 0 Å². The molecule has 1 unspecified atom stereocenters. The van der Waals surface area contributed by atoms with Crippen LogP contribution in [0.4, 0.5) is 0 Å². The summed E-state index contributed by atoms with van der Waals surface area (Å²) >= 11 is 0. The summed E-state index contributed by atoms with van der Waals surface area (Å²) in [5.74, 6) is 0.532. The highest BCUT2D eigenvalue weighted by atomic mass is 16.1. The van der Waals surface area contributed by atoms with Gasteiger partial charge in [-0.2, -0.15) is 0 Å². The number of carbonyl (C=O) groups excluding carboxylic acids is 1. The number of rotatable bonds is 5. The molecule has 92 valence electrons. The highest BCUT2D eigenvalue weighted by molar-refractivity contribution is 5.74. The van der Waals surface area contributed by atoms with Gasteiger partial charge in [-0.15, -0.1) is 0 Å². The fourth-order valence-electron chi connectivity index (χ4n) is 2.99. The van der Waals surface area contributed by atoms with Gasteiger partial charge in [0.05, 0.1) is 0 Å². The molecule has 0 spiro atoms. The Morgan fingerprint density at radius 1 is 1.12 bits per heavy atom. The lowest BCUT2D eigenvalue weighted by Crippen LogP contribution is -2.48. The predicted octanol–water partition coefficient (Wildman–Crippen LogP) is 1.95. The highest BCUT2D eigenvalue weighted by Crippen LogP contribution is 2.29. The van der Waals surface area contributed by atoms with E-state index in [0.29, 0.717) is 24.4 Å². The van der Waals surface area contributed by atoms with Crippen LogP contribution in [0.25, 0.3) is 0 Å². The minimum atomic E-state index is -0.151. The topological polar surface area (TPSA) is 55.1 Å². The molecule has 0 heterocycles. The first kappa shape index (κ1) is 11.9. The van der Waals surface area contributed by atoms with Crippen LogP contribution in [0.1, 0.15) is 57.8 Å². The Morgan fingerprint density at radius 3 is 2.31 bits per heavy atom. The number of hydrogen-bond donors (Lipinski definition) is 2. The normalized spacial score (nSPS) is 25.0. The molecule has 1 atom stereocenters. The fourth-order valence-corrected chi connectivity index (χ4v) is 2.99. The van der Waals surface area contributed by atoms with Crippen molar-refractivity contribution in [1.29, 1.82) is 0 Å². The van der Waals surface area contributed by atoms with E-state index in [4.69, 9.17) is 5.73 Å². The van der Waals surface area contributed by atoms with Gasteiger partial charge in [-0.05, 0) is 31.6 Å². The van der Waals surface area contributed by atoms with E-state index in [-0.39, 0.29) is 5.91 Å². The summed E-state index contributed by atoms with van der Waals surface area (Å²) in [7, 11) is 0. The lowest BCUT2D eigenvalue weighted by Gasteiger charge is -2.36. The van der Waals surface area contributed by atoms with Crippen molar-refractivity contribution < 1.29 is 4.79 Å². The number of primary amides is 1. The second-order valence-corrected chi connectivity index (χ2v) is 5.47. The minimum Gasteiger partial charge on any atom is -0.370 e. The van der Waals surface area contributed by atoms with Crippen molar-refractivity contribution in [2.24, 2.45) is 11.7 Å². The molecule has 3 heteroatoms. The molecule has 0 aromatic heterocycles. The van der Waals surface area contributed by atoms with Gasteiger partial charge in [-0.1, -0.05) is 25.7 Å². The van der Waals surface area contributed by atoms with E-state index < -0.39 is 0 Å². The summed E-state index contributed by atoms with van der Waals surface area (Å²) < 4.78 is 0. The van der Waals surface area contributed by atoms with E-state index in [1.807, 2.05) is 0 Å². The van der Waals surface area contributed by atoms with E-state index in [0.717, 1.165) is 0 Å². The van der Waals surface area contributed by atoms with Gasteiger partial charge >= 0.3 is 0 Å². The van der Waals surface area contributed by atoms with Crippen molar-refractivity contribution in [3.05, 3.63) is 0 Å². The fraction of sp³-hybridized carbons (Fsp3) is 0.923. The third-order valence-electron chi connectivity index (χ3n) is 4.19. The number of carbonyl (C=O) groups is 1. The second kappa shape index (κ2) is 5.67. The molecule has 0 radical (unpaired) electrons. The van der Waals surface area contributed by atoms with Gasteiger partial charge in [0.25, 0.3) is 0 Å². The van der Waals surface area contributed by atoms with Crippen molar-refractivity contribution in [2.75, 3.05) is 0 Å². The molecule has 2 fully saturated rings. The van der Waals surface area contributed by atoms with Crippen molar-refractivity contribution in [3.8, 4) is 0 Å². The van der Waals surface area contributed by atoms with Crippen LogP contribution < -0.4 is 11.1 Å². The van der Waals surface area contributed by atoms with Crippen LogP contribution in [0, 0.1) is 5.92 Å². The zero-order valence-corrected chi connectivity index (χ0v) is 10.1. The molecule has 1 amide bonds. The first-order valence-corrected chi connectivity index (χ1v) is 6.80. The van der Waals surface area contributed by atoms with Crippen molar-refractivity contribution in [3.63, 3.8) is 0 Å². The van der Waals surface area contributed by atoms with Crippen LogP contribution >= 0.6 is 0 Å². The molecule has 0 saturated heterocycles. The zero-order chi connectivity index (χ0) is 11.4. The van der Waals surface area contributed by atoms with Gasteiger partial charge in [-0.3, -0.25) is 4.79 Å². The van der Waals surface area contributed by atoms with Crippen LogP contribution in [0.5, 0.6) is 0 Å². The molecule has 2 saturated carbocycles. The Bertz CT molecular complexity index is 232. The molecule has 0 aliphatic heterocycles. The Kier molecular flexibility index (Phi) is 4.22. The first-order valence-electron chi connectivity index (χ1n) is 6.80. The second-order valence-electron chi connectivity index (χ2n) is 5.47. The Morgan fingerprint density at radius 2 is 1.81 bits per heavy atom. The predicted molar refractivity (Wildman–Crippen MR) is 64.9 cm³/mol. The van der Waals surface area contributed by atoms with Gasteiger partial charge in [0.15, 0.2) is 0 Å². The summed E-state index contributed by atoms with van der Waals surface area (Å²) in [5, 5.41) is 3.65. The van der Waals surface area contributed by atoms with Gasteiger partial charge in [0.2, 0.25) is 5.91 Å². The van der Waals surface area contributed by atoms with Crippen molar-refractivity contribution in [2.45, 2.75) is 69.9 Å². The van der Waals surface area contributed by atoms with Crippen LogP contribution in [-0.4, -0.2) is 18.0 Å². The maximum atomic E-state index is 11.1. The lowest BCUT2D eigenvalue weighted by atomic mass is 9.81. The standard InChI is InChI=1S/C13H24N2O/c14-13(16)9-12(15-11-7-4-8-11)10-5-2-1-3-6-10/h10-12,15H,1-9H2,(H2,14,16). The molecule has 2 aliphatic rings. The van der Waals surface area contributed by atoms with E-state index in [1.165, 1.54) is 51.4 Å². The Labute approximate surface area is 98.2 Å². The quantitative estimate of drug-likeness (QED) is 0.750. The smallest absolute Gasteiger partial charge is 0.218 e. The highest BCUT2D eigenvalue weighted by Gasteiger charge is 2.28. The number of amides is 1. The summed E-state index contributed by atoms with van der Waals surface area (Å²) in [4.78, 5) is 11.1. The molecule has 0 bridgehead atoms. The summed E-state index contributed by atoms with van der Waals surface area (Å²) in [6.45, 7) is 0. The van der Waals surface area contributed by atoms with Gasteiger partial charge in [-0.25, -0.2) is 0 Å². The molecule has 16 heavy (non-hydrogen) atoms. The average molecular weight is 224 g/mol. The maximum absolute atomic E-state index is 11.1. The monoisotopic (exact) mass is 224 g/mol. The minimum absolute atomic E-state index is 0.151. The van der Waals surface area contributed by atoms with Crippen molar-refractivity contribution >= 4 is 5.91 Å². The molecular weight excluding hydrogens is 200 g/mol. The zero-order valence-electron chi connectivity index (χ0n) is 10.1. The molecule has 0 aromatic carbocycles. The third-order valence-corrected chi connectivity index (χ3v) is 4.19. The molecule has 3 nitrogen and oxygen atoms in total. The van der Waals surface area contributed by atoms with Gasteiger partial charge < -0.3 is 11.1 Å². The van der Waals surface area contributed by atoms with E-state index >= 15 is 0 Å². The lowest BCUT2D eigenvalue weighted by molar-refractivity contribution is -0.119. The van der Waals surface area contributed by atoms with E-state index in [1.54, 1.807) is 0 Å². The SMILES string of the molecule is NC(=O)CC(NC1CCC1)C1CCCCC1. The summed E-state index contributed by atoms with van der Waals surface area (Å²) in [6, 6.07) is 1.01.